The number of hydrogen-bond donors (Lipinski definition) is 3. The molecule has 26 heavy (non-hydrogen) atoms. The number of carbonyl (C=O) groups is 1. The van der Waals surface area contributed by atoms with Crippen molar-refractivity contribution in [1.29, 1.82) is 0 Å². The van der Waals surface area contributed by atoms with Crippen molar-refractivity contribution in [2.75, 3.05) is 0 Å². The van der Waals surface area contributed by atoms with E-state index in [0.717, 1.165) is 11.3 Å². The highest BCUT2D eigenvalue weighted by molar-refractivity contribution is 9.10. The molecule has 0 aliphatic carbocycles. The number of rotatable bonds is 5. The fourth-order valence-corrected chi connectivity index (χ4v) is 3.14. The molecule has 1 amide bonds. The molecule has 0 unspecified atom stereocenters. The van der Waals surface area contributed by atoms with Gasteiger partial charge in [-0.05, 0) is 39.2 Å². The Kier molecular flexibility index (Phi) is 5.53. The van der Waals surface area contributed by atoms with Gasteiger partial charge >= 0.3 is 0 Å². The normalized spacial score (nSPS) is 10.5. The van der Waals surface area contributed by atoms with Gasteiger partial charge in [0.25, 0.3) is 0 Å². The van der Waals surface area contributed by atoms with Crippen LogP contribution in [-0.2, 0) is 17.8 Å². The fraction of sp³-hybridized carbons (Fsp3) is 0.100. The summed E-state index contributed by atoms with van der Waals surface area (Å²) in [5, 5.41) is 23.2. The van der Waals surface area contributed by atoms with Crippen LogP contribution in [0.5, 0.6) is 11.5 Å². The lowest BCUT2D eigenvalue weighted by molar-refractivity contribution is -0.120. The van der Waals surface area contributed by atoms with Crippen LogP contribution in [0.4, 0.5) is 0 Å². The number of hydrogen-bond acceptors (Lipinski definition) is 4. The van der Waals surface area contributed by atoms with Gasteiger partial charge in [-0.1, -0.05) is 36.4 Å². The summed E-state index contributed by atoms with van der Waals surface area (Å²) in [7, 11) is 0. The van der Waals surface area contributed by atoms with Gasteiger partial charge < -0.3 is 15.5 Å². The number of phenolic OH excluding ortho intramolecular Hbond substituents is 2. The molecule has 6 heteroatoms. The second-order valence-corrected chi connectivity index (χ2v) is 6.52. The zero-order valence-corrected chi connectivity index (χ0v) is 15.4. The number of aromatic nitrogens is 1. The van der Waals surface area contributed by atoms with E-state index < -0.39 is 0 Å². The lowest BCUT2D eigenvalue weighted by Gasteiger charge is -2.15. The van der Waals surface area contributed by atoms with Crippen LogP contribution in [0, 0.1) is 0 Å². The number of carbonyl (C=O) groups excluding carboxylic acids is 1. The van der Waals surface area contributed by atoms with Crippen LogP contribution in [0.25, 0.3) is 11.1 Å². The van der Waals surface area contributed by atoms with E-state index in [1.807, 2.05) is 48.5 Å². The van der Waals surface area contributed by atoms with E-state index in [1.54, 1.807) is 6.20 Å². The summed E-state index contributed by atoms with van der Waals surface area (Å²) in [6.07, 6.45) is 1.67. The summed E-state index contributed by atoms with van der Waals surface area (Å²) in [6, 6.07) is 16.0. The van der Waals surface area contributed by atoms with Crippen LogP contribution in [0.15, 0.2) is 65.3 Å². The van der Waals surface area contributed by atoms with Gasteiger partial charge in [-0.15, -0.1) is 0 Å². The van der Waals surface area contributed by atoms with Gasteiger partial charge in [0, 0.05) is 17.8 Å². The van der Waals surface area contributed by atoms with Crippen LogP contribution in [0.2, 0.25) is 0 Å². The molecule has 0 spiro atoms. The highest BCUT2D eigenvalue weighted by Gasteiger charge is 2.20. The number of benzene rings is 2. The lowest BCUT2D eigenvalue weighted by atomic mass is 9.96. The molecule has 3 N–H and O–H groups in total. The number of aromatic hydroxyl groups is 2. The second-order valence-electron chi connectivity index (χ2n) is 5.72. The van der Waals surface area contributed by atoms with E-state index in [1.165, 1.54) is 6.07 Å². The van der Waals surface area contributed by atoms with Gasteiger partial charge in [-0.2, -0.15) is 0 Å². The highest BCUT2D eigenvalue weighted by atomic mass is 79.9. The standard InChI is InChI=1S/C20H17BrN2O3/c21-20-15(10-18(26)23-12-14-8-4-5-9-22-14)19(16(24)11-17(20)25)13-6-2-1-3-7-13/h1-9,11,24-25H,10,12H2,(H,23,26). The first kappa shape index (κ1) is 17.9. The van der Waals surface area contributed by atoms with E-state index in [0.29, 0.717) is 22.1 Å². The summed E-state index contributed by atoms with van der Waals surface area (Å²) in [4.78, 5) is 16.6. The molecule has 0 saturated carbocycles. The molecule has 0 radical (unpaired) electrons. The van der Waals surface area contributed by atoms with Crippen LogP contribution in [0.1, 0.15) is 11.3 Å². The van der Waals surface area contributed by atoms with Crippen LogP contribution < -0.4 is 5.32 Å². The third-order valence-electron chi connectivity index (χ3n) is 3.91. The summed E-state index contributed by atoms with van der Waals surface area (Å²) < 4.78 is 0.391. The smallest absolute Gasteiger partial charge is 0.224 e. The Morgan fingerprint density at radius 2 is 1.77 bits per heavy atom. The molecule has 3 aromatic rings. The molecular weight excluding hydrogens is 396 g/mol. The number of amides is 1. The molecule has 0 saturated heterocycles. The first-order valence-electron chi connectivity index (χ1n) is 8.01. The van der Waals surface area contributed by atoms with Crippen molar-refractivity contribution in [3.05, 3.63) is 76.5 Å². The van der Waals surface area contributed by atoms with Crippen molar-refractivity contribution in [3.63, 3.8) is 0 Å². The first-order chi connectivity index (χ1) is 12.6. The molecule has 132 valence electrons. The van der Waals surface area contributed by atoms with E-state index in [-0.39, 0.29) is 23.8 Å². The third kappa shape index (κ3) is 4.03. The van der Waals surface area contributed by atoms with Crippen LogP contribution in [0.3, 0.4) is 0 Å². The molecule has 3 rings (SSSR count). The van der Waals surface area contributed by atoms with Crippen LogP contribution >= 0.6 is 15.9 Å². The minimum Gasteiger partial charge on any atom is -0.507 e. The maximum Gasteiger partial charge on any atom is 0.224 e. The molecule has 2 aromatic carbocycles. The number of pyridine rings is 1. The maximum atomic E-state index is 12.4. The highest BCUT2D eigenvalue weighted by Crippen LogP contribution is 2.42. The Hall–Kier alpha value is -2.86. The van der Waals surface area contributed by atoms with Crippen molar-refractivity contribution in [1.82, 2.24) is 10.3 Å². The Bertz CT molecular complexity index is 915. The van der Waals surface area contributed by atoms with E-state index >= 15 is 0 Å². The van der Waals surface area contributed by atoms with Gasteiger partial charge in [-0.25, -0.2) is 0 Å². The molecule has 1 heterocycles. The molecule has 0 aliphatic rings. The van der Waals surface area contributed by atoms with Crippen LogP contribution in [-0.4, -0.2) is 21.1 Å². The predicted molar refractivity (Wildman–Crippen MR) is 103 cm³/mol. The summed E-state index contributed by atoms with van der Waals surface area (Å²) in [5.41, 5.74) is 2.55. The van der Waals surface area contributed by atoms with Gasteiger partial charge in [0.2, 0.25) is 5.91 Å². The van der Waals surface area contributed by atoms with Crippen molar-refractivity contribution >= 4 is 21.8 Å². The van der Waals surface area contributed by atoms with Gasteiger partial charge in [-0.3, -0.25) is 9.78 Å². The quantitative estimate of drug-likeness (QED) is 0.595. The maximum absolute atomic E-state index is 12.4. The molecule has 0 fully saturated rings. The fourth-order valence-electron chi connectivity index (χ4n) is 2.69. The molecule has 0 bridgehead atoms. The summed E-state index contributed by atoms with van der Waals surface area (Å²) in [5.74, 6) is -0.433. The number of nitrogens with zero attached hydrogens (tertiary/aromatic N) is 1. The Morgan fingerprint density at radius 1 is 1.04 bits per heavy atom. The number of halogens is 1. The molecule has 1 aromatic heterocycles. The average molecular weight is 413 g/mol. The van der Waals surface area contributed by atoms with Gasteiger partial charge in [0.15, 0.2) is 0 Å². The number of phenols is 2. The van der Waals surface area contributed by atoms with Crippen molar-refractivity contribution in [3.8, 4) is 22.6 Å². The average Bonchev–Trinajstić information content (AvgIpc) is 2.66. The zero-order valence-electron chi connectivity index (χ0n) is 13.8. The zero-order chi connectivity index (χ0) is 18.5. The minimum atomic E-state index is -0.237. The first-order valence-corrected chi connectivity index (χ1v) is 8.81. The minimum absolute atomic E-state index is 0.000392. The van der Waals surface area contributed by atoms with E-state index in [2.05, 4.69) is 26.2 Å². The van der Waals surface area contributed by atoms with E-state index in [4.69, 9.17) is 0 Å². The predicted octanol–water partition coefficient (Wildman–Crippen LogP) is 3.78. The summed E-state index contributed by atoms with van der Waals surface area (Å²) in [6.45, 7) is 0.308. The lowest BCUT2D eigenvalue weighted by Crippen LogP contribution is -2.25. The van der Waals surface area contributed by atoms with Crippen molar-refractivity contribution in [2.45, 2.75) is 13.0 Å². The van der Waals surface area contributed by atoms with Crippen molar-refractivity contribution in [2.24, 2.45) is 0 Å². The Balaban J connectivity index is 1.88. The monoisotopic (exact) mass is 412 g/mol. The molecule has 5 nitrogen and oxygen atoms in total. The largest absolute Gasteiger partial charge is 0.507 e. The SMILES string of the molecule is O=C(Cc1c(Br)c(O)cc(O)c1-c1ccccc1)NCc1ccccn1. The van der Waals surface area contributed by atoms with Crippen molar-refractivity contribution < 1.29 is 15.0 Å². The number of nitrogens with one attached hydrogen (secondary N) is 1. The Labute approximate surface area is 159 Å². The molecule has 0 aliphatic heterocycles. The molecular formula is C20H17BrN2O3. The second kappa shape index (κ2) is 8.01. The van der Waals surface area contributed by atoms with Gasteiger partial charge in [0.1, 0.15) is 11.5 Å². The summed E-state index contributed by atoms with van der Waals surface area (Å²) >= 11 is 3.33. The topological polar surface area (TPSA) is 82.5 Å². The van der Waals surface area contributed by atoms with Gasteiger partial charge in [0.05, 0.1) is 23.1 Å². The van der Waals surface area contributed by atoms with E-state index in [9.17, 15) is 15.0 Å². The molecule has 0 atom stereocenters. The Morgan fingerprint density at radius 3 is 2.46 bits per heavy atom. The third-order valence-corrected chi connectivity index (χ3v) is 4.80.